The van der Waals surface area contributed by atoms with Crippen molar-refractivity contribution in [1.82, 2.24) is 0 Å². The quantitative estimate of drug-likeness (QED) is 0.571. The highest BCUT2D eigenvalue weighted by atomic mass is 16.3. The lowest BCUT2D eigenvalue weighted by Crippen LogP contribution is -1.97. The summed E-state index contributed by atoms with van der Waals surface area (Å²) in [7, 11) is 0. The summed E-state index contributed by atoms with van der Waals surface area (Å²) in [6.45, 7) is 3.59. The van der Waals surface area contributed by atoms with Crippen LogP contribution in [0.15, 0.2) is 12.7 Å². The maximum Gasteiger partial charge on any atom is 0.0659 e. The van der Waals surface area contributed by atoms with Gasteiger partial charge in [0, 0.05) is 6.61 Å². The zero-order chi connectivity index (χ0) is 7.11. The molecule has 1 atom stereocenters. The molecule has 0 saturated carbocycles. The molecule has 0 saturated heterocycles. The smallest absolute Gasteiger partial charge is 0.0659 e. The average Bonchev–Trinajstić information content (AvgIpc) is 1.88. The van der Waals surface area contributed by atoms with Gasteiger partial charge in [0.05, 0.1) is 12.0 Å². The molecule has 0 aromatic rings. The van der Waals surface area contributed by atoms with Gasteiger partial charge in [0.2, 0.25) is 0 Å². The third-order valence-electron chi connectivity index (χ3n) is 1.11. The van der Waals surface area contributed by atoms with Crippen LogP contribution in [0.5, 0.6) is 0 Å². The number of rotatable bonds is 4. The summed E-state index contributed by atoms with van der Waals surface area (Å²) in [4.78, 5) is 0. The molecule has 0 radical (unpaired) electrons. The van der Waals surface area contributed by atoms with Gasteiger partial charge < -0.3 is 5.11 Å². The van der Waals surface area contributed by atoms with Gasteiger partial charge in [-0.3, -0.25) is 0 Å². The fourth-order valence-electron chi connectivity index (χ4n) is 0.592. The van der Waals surface area contributed by atoms with Crippen LogP contribution in [-0.2, 0) is 0 Å². The van der Waals surface area contributed by atoms with Crippen molar-refractivity contribution >= 4 is 0 Å². The Morgan fingerprint density at radius 1 is 1.78 bits per heavy atom. The molecule has 0 aliphatic rings. The summed E-state index contributed by atoms with van der Waals surface area (Å²) in [5, 5.41) is 16.8. The summed E-state index contributed by atoms with van der Waals surface area (Å²) in [5.41, 5.74) is 0. The Morgan fingerprint density at radius 3 is 2.78 bits per heavy atom. The summed E-state index contributed by atoms with van der Waals surface area (Å²) in [5.74, 6) is -0.0486. The fraction of sp³-hybridized carbons (Fsp3) is 0.571. The molecule has 0 rings (SSSR count). The van der Waals surface area contributed by atoms with Crippen molar-refractivity contribution in [3.8, 4) is 6.07 Å². The topological polar surface area (TPSA) is 44.0 Å². The minimum atomic E-state index is -0.0486. The van der Waals surface area contributed by atoms with E-state index in [0.29, 0.717) is 12.8 Å². The van der Waals surface area contributed by atoms with Crippen molar-refractivity contribution in [2.45, 2.75) is 12.8 Å². The molecule has 50 valence electrons. The van der Waals surface area contributed by atoms with Gasteiger partial charge in [-0.2, -0.15) is 5.26 Å². The van der Waals surface area contributed by atoms with Gasteiger partial charge in [-0.1, -0.05) is 6.08 Å². The second-order valence-electron chi connectivity index (χ2n) is 1.86. The largest absolute Gasteiger partial charge is 0.396 e. The monoisotopic (exact) mass is 125 g/mol. The highest BCUT2D eigenvalue weighted by Crippen LogP contribution is 2.05. The number of hydrogen-bond donors (Lipinski definition) is 1. The third kappa shape index (κ3) is 3.75. The highest BCUT2D eigenvalue weighted by molar-refractivity contribution is 4.87. The fourth-order valence-corrected chi connectivity index (χ4v) is 0.592. The molecule has 9 heavy (non-hydrogen) atoms. The van der Waals surface area contributed by atoms with E-state index in [1.807, 2.05) is 0 Å². The lowest BCUT2D eigenvalue weighted by Gasteiger charge is -1.99. The SMILES string of the molecule is C=CCC(C#N)CCO. The van der Waals surface area contributed by atoms with E-state index in [0.717, 1.165) is 0 Å². The number of nitriles is 1. The molecule has 1 N–H and O–H groups in total. The van der Waals surface area contributed by atoms with Crippen LogP contribution in [0, 0.1) is 17.2 Å². The zero-order valence-corrected chi connectivity index (χ0v) is 5.38. The first-order valence-corrected chi connectivity index (χ1v) is 2.96. The minimum Gasteiger partial charge on any atom is -0.396 e. The van der Waals surface area contributed by atoms with E-state index >= 15 is 0 Å². The Balaban J connectivity index is 3.44. The predicted octanol–water partition coefficient (Wildman–Crippen LogP) is 1.08. The molecule has 0 aliphatic heterocycles. The van der Waals surface area contributed by atoms with E-state index in [1.54, 1.807) is 6.08 Å². The summed E-state index contributed by atoms with van der Waals surface area (Å²) in [6.07, 6.45) is 2.93. The van der Waals surface area contributed by atoms with E-state index < -0.39 is 0 Å². The Morgan fingerprint density at radius 2 is 2.44 bits per heavy atom. The highest BCUT2D eigenvalue weighted by Gasteiger charge is 2.01. The van der Waals surface area contributed by atoms with Crippen molar-refractivity contribution < 1.29 is 5.11 Å². The minimum absolute atomic E-state index is 0.0486. The summed E-state index contributed by atoms with van der Waals surface area (Å²) < 4.78 is 0. The molecule has 0 aromatic heterocycles. The first-order chi connectivity index (χ1) is 4.35. The standard InChI is InChI=1S/C7H11NO/c1-2-3-7(6-8)4-5-9/h2,7,9H,1,3-5H2. The van der Waals surface area contributed by atoms with Crippen molar-refractivity contribution in [3.63, 3.8) is 0 Å². The molecular formula is C7H11NO. The van der Waals surface area contributed by atoms with E-state index in [2.05, 4.69) is 12.6 Å². The maximum atomic E-state index is 8.41. The van der Waals surface area contributed by atoms with E-state index in [1.165, 1.54) is 0 Å². The number of aliphatic hydroxyl groups excluding tert-OH is 1. The predicted molar refractivity (Wildman–Crippen MR) is 35.6 cm³/mol. The molecule has 0 aliphatic carbocycles. The lowest BCUT2D eigenvalue weighted by molar-refractivity contribution is 0.272. The van der Waals surface area contributed by atoms with Crippen LogP contribution in [0.1, 0.15) is 12.8 Å². The summed E-state index contributed by atoms with van der Waals surface area (Å²) in [6, 6.07) is 2.07. The molecule has 0 fully saturated rings. The maximum absolute atomic E-state index is 8.41. The third-order valence-corrected chi connectivity index (χ3v) is 1.11. The molecule has 0 bridgehead atoms. The molecule has 2 nitrogen and oxygen atoms in total. The molecule has 1 unspecified atom stereocenters. The first-order valence-electron chi connectivity index (χ1n) is 2.96. The van der Waals surface area contributed by atoms with E-state index in [9.17, 15) is 0 Å². The molecular weight excluding hydrogens is 114 g/mol. The Labute approximate surface area is 55.4 Å². The molecule has 2 heteroatoms. The Hall–Kier alpha value is -0.810. The second-order valence-corrected chi connectivity index (χ2v) is 1.86. The molecule has 0 aromatic carbocycles. The molecule has 0 heterocycles. The zero-order valence-electron chi connectivity index (χ0n) is 5.38. The van der Waals surface area contributed by atoms with Crippen LogP contribution in [0.3, 0.4) is 0 Å². The van der Waals surface area contributed by atoms with Crippen LogP contribution in [0.2, 0.25) is 0 Å². The second kappa shape index (κ2) is 5.33. The van der Waals surface area contributed by atoms with E-state index in [-0.39, 0.29) is 12.5 Å². The van der Waals surface area contributed by atoms with Gasteiger partial charge in [-0.05, 0) is 12.8 Å². The van der Waals surface area contributed by atoms with Gasteiger partial charge >= 0.3 is 0 Å². The number of hydrogen-bond acceptors (Lipinski definition) is 2. The van der Waals surface area contributed by atoms with Crippen molar-refractivity contribution in [2.24, 2.45) is 5.92 Å². The van der Waals surface area contributed by atoms with Gasteiger partial charge in [0.25, 0.3) is 0 Å². The van der Waals surface area contributed by atoms with E-state index in [4.69, 9.17) is 10.4 Å². The lowest BCUT2D eigenvalue weighted by atomic mass is 10.0. The summed E-state index contributed by atoms with van der Waals surface area (Å²) >= 11 is 0. The first kappa shape index (κ1) is 8.19. The average molecular weight is 125 g/mol. The van der Waals surface area contributed by atoms with Crippen LogP contribution in [0.4, 0.5) is 0 Å². The van der Waals surface area contributed by atoms with Gasteiger partial charge in [0.15, 0.2) is 0 Å². The molecule has 0 spiro atoms. The Kier molecular flexibility index (Phi) is 4.85. The molecule has 0 amide bonds. The van der Waals surface area contributed by atoms with Crippen molar-refractivity contribution in [3.05, 3.63) is 12.7 Å². The van der Waals surface area contributed by atoms with Crippen LogP contribution < -0.4 is 0 Å². The van der Waals surface area contributed by atoms with Gasteiger partial charge in [-0.25, -0.2) is 0 Å². The van der Waals surface area contributed by atoms with Crippen LogP contribution in [0.25, 0.3) is 0 Å². The van der Waals surface area contributed by atoms with Gasteiger partial charge in [0.1, 0.15) is 0 Å². The number of allylic oxidation sites excluding steroid dienone is 1. The number of aliphatic hydroxyl groups is 1. The van der Waals surface area contributed by atoms with Crippen LogP contribution in [-0.4, -0.2) is 11.7 Å². The van der Waals surface area contributed by atoms with Crippen molar-refractivity contribution in [2.75, 3.05) is 6.61 Å². The number of nitrogens with zero attached hydrogens (tertiary/aromatic N) is 1. The van der Waals surface area contributed by atoms with Gasteiger partial charge in [-0.15, -0.1) is 6.58 Å². The van der Waals surface area contributed by atoms with Crippen molar-refractivity contribution in [1.29, 1.82) is 5.26 Å². The normalized spacial score (nSPS) is 12.0. The Bertz CT molecular complexity index is 115. The van der Waals surface area contributed by atoms with Crippen LogP contribution >= 0.6 is 0 Å².